The van der Waals surface area contributed by atoms with Crippen LogP contribution in [0.25, 0.3) is 22.2 Å². The molecule has 8 heteroatoms. The molecule has 178 valence electrons. The van der Waals surface area contributed by atoms with Gasteiger partial charge in [-0.05, 0) is 62.3 Å². The van der Waals surface area contributed by atoms with Gasteiger partial charge in [0.15, 0.2) is 0 Å². The van der Waals surface area contributed by atoms with E-state index in [1.165, 1.54) is 0 Å². The number of carbonyl (C=O) groups is 2. The van der Waals surface area contributed by atoms with Crippen molar-refractivity contribution < 1.29 is 9.59 Å². The highest BCUT2D eigenvalue weighted by Crippen LogP contribution is 2.46. The van der Waals surface area contributed by atoms with Crippen LogP contribution < -0.4 is 0 Å². The molecule has 8 nitrogen and oxygen atoms in total. The maximum absolute atomic E-state index is 13.3. The molecule has 0 bridgehead atoms. The minimum Gasteiger partial charge on any atom is -0.342 e. The molecule has 1 spiro atoms. The average molecular weight is 469 g/mol. The van der Waals surface area contributed by atoms with Gasteiger partial charge in [0.25, 0.3) is 5.91 Å². The van der Waals surface area contributed by atoms with Gasteiger partial charge in [-0.2, -0.15) is 5.10 Å². The molecule has 0 unspecified atom stereocenters. The first-order valence-electron chi connectivity index (χ1n) is 12.6. The second kappa shape index (κ2) is 7.47. The Hall–Kier alpha value is -3.55. The fourth-order valence-electron chi connectivity index (χ4n) is 5.54. The lowest BCUT2D eigenvalue weighted by Crippen LogP contribution is -2.41. The molecule has 1 aromatic carbocycles. The summed E-state index contributed by atoms with van der Waals surface area (Å²) in [7, 11) is 1.94. The zero-order valence-electron chi connectivity index (χ0n) is 19.9. The maximum atomic E-state index is 13.3. The van der Waals surface area contributed by atoms with Gasteiger partial charge in [-0.25, -0.2) is 0 Å². The second-order valence-corrected chi connectivity index (χ2v) is 10.6. The average Bonchev–Trinajstić information content (AvgIpc) is 3.78. The van der Waals surface area contributed by atoms with E-state index in [9.17, 15) is 9.59 Å². The molecule has 2 aliphatic carbocycles. The van der Waals surface area contributed by atoms with E-state index in [1.54, 1.807) is 0 Å². The van der Waals surface area contributed by atoms with Crippen LogP contribution in [-0.4, -0.2) is 67.4 Å². The quantitative estimate of drug-likeness (QED) is 0.576. The lowest BCUT2D eigenvalue weighted by molar-refractivity contribution is -0.131. The molecular formula is C27H28N6O2. The normalized spacial score (nSPS) is 22.9. The van der Waals surface area contributed by atoms with Gasteiger partial charge in [0, 0.05) is 55.3 Å². The molecule has 1 atom stereocenters. The number of benzene rings is 1. The van der Waals surface area contributed by atoms with Gasteiger partial charge < -0.3 is 4.90 Å². The van der Waals surface area contributed by atoms with Crippen LogP contribution in [0.15, 0.2) is 47.7 Å². The van der Waals surface area contributed by atoms with Crippen molar-refractivity contribution >= 4 is 28.6 Å². The van der Waals surface area contributed by atoms with Gasteiger partial charge in [-0.1, -0.05) is 6.07 Å². The van der Waals surface area contributed by atoms with Gasteiger partial charge in [-0.3, -0.25) is 29.1 Å². The molecule has 2 amide bonds. The third kappa shape index (κ3) is 3.46. The Labute approximate surface area is 203 Å². The number of amidine groups is 1. The van der Waals surface area contributed by atoms with Crippen LogP contribution in [0.3, 0.4) is 0 Å². The number of aliphatic imine (C=N–C) groups is 1. The smallest absolute Gasteiger partial charge is 0.256 e. The highest BCUT2D eigenvalue weighted by atomic mass is 16.2. The van der Waals surface area contributed by atoms with E-state index < -0.39 is 5.54 Å². The van der Waals surface area contributed by atoms with Crippen molar-refractivity contribution in [3.63, 3.8) is 0 Å². The molecule has 3 aromatic rings. The number of rotatable bonds is 5. The molecule has 7 rings (SSSR count). The summed E-state index contributed by atoms with van der Waals surface area (Å²) in [5.74, 6) is 1.69. The number of hydrogen-bond donors (Lipinski definition) is 0. The Morgan fingerprint density at radius 2 is 1.91 bits per heavy atom. The monoisotopic (exact) mass is 468 g/mol. The third-order valence-electron chi connectivity index (χ3n) is 7.97. The Kier molecular flexibility index (Phi) is 4.44. The summed E-state index contributed by atoms with van der Waals surface area (Å²) in [5.41, 5.74) is 3.31. The summed E-state index contributed by atoms with van der Waals surface area (Å²) < 4.78 is 1.86. The first-order valence-corrected chi connectivity index (χ1v) is 12.6. The standard InChI is InChI=1S/C27H28N6O2/c1-31-23-7-5-19(12-21(23)14-29-31)22-6-4-20(13-28-22)24-30-27(9-10-27)26(35)33(24)16-17-8-11-32(15-17)25(34)18-2-3-18/h4-7,12-14,17-18H,2-3,8-11,15-16H2,1H3/t17-/m1/s1. The van der Waals surface area contributed by atoms with Crippen LogP contribution in [0.1, 0.15) is 37.7 Å². The van der Waals surface area contributed by atoms with E-state index in [4.69, 9.17) is 9.98 Å². The van der Waals surface area contributed by atoms with Crippen molar-refractivity contribution in [3.05, 3.63) is 48.3 Å². The van der Waals surface area contributed by atoms with Gasteiger partial charge in [-0.15, -0.1) is 0 Å². The number of aryl methyl sites for hydroxylation is 1. The Bertz CT molecular complexity index is 1380. The number of hydrogen-bond acceptors (Lipinski definition) is 5. The Balaban J connectivity index is 1.12. The van der Waals surface area contributed by atoms with E-state index in [-0.39, 0.29) is 11.8 Å². The fourth-order valence-corrected chi connectivity index (χ4v) is 5.54. The van der Waals surface area contributed by atoms with Crippen LogP contribution in [-0.2, 0) is 16.6 Å². The highest BCUT2D eigenvalue weighted by molar-refractivity contribution is 6.16. The number of amides is 2. The second-order valence-electron chi connectivity index (χ2n) is 10.6. The number of pyridine rings is 1. The van der Waals surface area contributed by atoms with Gasteiger partial charge in [0.1, 0.15) is 11.4 Å². The minimum absolute atomic E-state index is 0.116. The van der Waals surface area contributed by atoms with Crippen molar-refractivity contribution in [2.45, 2.75) is 37.6 Å². The lowest BCUT2D eigenvalue weighted by atomic mass is 10.1. The molecule has 1 saturated heterocycles. The largest absolute Gasteiger partial charge is 0.342 e. The van der Waals surface area contributed by atoms with Crippen molar-refractivity contribution in [2.24, 2.45) is 23.9 Å². The SMILES string of the molecule is Cn1ncc2cc(-c3ccc(C4=NC5(CC5)C(=O)N4C[C@@H]4CCN(C(=O)C5CC5)C4)cn3)ccc21. The maximum Gasteiger partial charge on any atom is 0.256 e. The predicted molar refractivity (Wildman–Crippen MR) is 132 cm³/mol. The summed E-state index contributed by atoms with van der Waals surface area (Å²) >= 11 is 0. The van der Waals surface area contributed by atoms with Crippen LogP contribution in [0.2, 0.25) is 0 Å². The number of aromatic nitrogens is 3. The van der Waals surface area contributed by atoms with Crippen LogP contribution in [0.4, 0.5) is 0 Å². The molecule has 3 fully saturated rings. The van der Waals surface area contributed by atoms with Crippen LogP contribution in [0.5, 0.6) is 0 Å². The minimum atomic E-state index is -0.554. The summed E-state index contributed by atoms with van der Waals surface area (Å²) in [4.78, 5) is 39.3. The van der Waals surface area contributed by atoms with Gasteiger partial charge in [0.05, 0.1) is 17.4 Å². The zero-order valence-corrected chi connectivity index (χ0v) is 19.9. The number of fused-ring (bicyclic) bond motifs is 1. The Morgan fingerprint density at radius 1 is 1.09 bits per heavy atom. The molecule has 0 N–H and O–H groups in total. The molecule has 2 aliphatic heterocycles. The Morgan fingerprint density at radius 3 is 2.66 bits per heavy atom. The van der Waals surface area contributed by atoms with E-state index in [0.29, 0.717) is 18.4 Å². The van der Waals surface area contributed by atoms with Crippen molar-refractivity contribution in [1.82, 2.24) is 24.6 Å². The molecule has 2 aromatic heterocycles. The van der Waals surface area contributed by atoms with Gasteiger partial charge in [0.2, 0.25) is 5.91 Å². The van der Waals surface area contributed by atoms with Crippen molar-refractivity contribution in [1.29, 1.82) is 0 Å². The van der Waals surface area contributed by atoms with Crippen molar-refractivity contribution in [2.75, 3.05) is 19.6 Å². The highest BCUT2D eigenvalue weighted by Gasteiger charge is 2.57. The number of carbonyl (C=O) groups excluding carboxylic acids is 2. The van der Waals surface area contributed by atoms with E-state index in [0.717, 1.165) is 78.8 Å². The first-order chi connectivity index (χ1) is 17.0. The number of likely N-dealkylation sites (tertiary alicyclic amines) is 1. The summed E-state index contributed by atoms with van der Waals surface area (Å²) in [5, 5.41) is 5.40. The number of nitrogens with zero attached hydrogens (tertiary/aromatic N) is 6. The lowest BCUT2D eigenvalue weighted by Gasteiger charge is -2.23. The summed E-state index contributed by atoms with van der Waals surface area (Å²) in [6.45, 7) is 2.16. The third-order valence-corrected chi connectivity index (χ3v) is 7.97. The summed E-state index contributed by atoms with van der Waals surface area (Å²) in [6.07, 6.45) is 8.34. The molecule has 2 saturated carbocycles. The molecule has 4 aliphatic rings. The van der Waals surface area contributed by atoms with Crippen LogP contribution >= 0.6 is 0 Å². The molecule has 35 heavy (non-hydrogen) atoms. The summed E-state index contributed by atoms with van der Waals surface area (Å²) in [6, 6.07) is 10.2. The predicted octanol–water partition coefficient (Wildman–Crippen LogP) is 3.02. The van der Waals surface area contributed by atoms with E-state index >= 15 is 0 Å². The fraction of sp³-hybridized carbons (Fsp3) is 0.444. The van der Waals surface area contributed by atoms with E-state index in [2.05, 4.69) is 23.3 Å². The first kappa shape index (κ1) is 20.8. The molecule has 0 radical (unpaired) electrons. The van der Waals surface area contributed by atoms with Crippen LogP contribution in [0, 0.1) is 11.8 Å². The molecular weight excluding hydrogens is 440 g/mol. The van der Waals surface area contributed by atoms with Crippen molar-refractivity contribution in [3.8, 4) is 11.3 Å². The zero-order chi connectivity index (χ0) is 23.7. The topological polar surface area (TPSA) is 83.7 Å². The van der Waals surface area contributed by atoms with E-state index in [1.807, 2.05) is 46.1 Å². The van der Waals surface area contributed by atoms with Gasteiger partial charge >= 0.3 is 0 Å². The molecule has 4 heterocycles.